The Morgan fingerprint density at radius 3 is 2.31 bits per heavy atom. The van der Waals surface area contributed by atoms with Gasteiger partial charge in [0.2, 0.25) is 5.91 Å². The number of hydrogen-bond acceptors (Lipinski definition) is 3. The summed E-state index contributed by atoms with van der Waals surface area (Å²) in [6.45, 7) is 6.94. The van der Waals surface area contributed by atoms with Gasteiger partial charge in [0.15, 0.2) is 0 Å². The second-order valence-corrected chi connectivity index (χ2v) is 7.62. The molecule has 6 heteroatoms. The number of nitrogens with one attached hydrogen (secondary N) is 1. The third-order valence-corrected chi connectivity index (χ3v) is 5.70. The first-order valence-electron chi connectivity index (χ1n) is 10.2. The maximum Gasteiger partial charge on any atom is 0.255 e. The zero-order chi connectivity index (χ0) is 20.8. The fraction of sp³-hybridized carbons (Fsp3) is 0.391. The monoisotopic (exact) mass is 413 g/mol. The smallest absolute Gasteiger partial charge is 0.255 e. The van der Waals surface area contributed by atoms with Gasteiger partial charge in [0.05, 0.1) is 10.6 Å². The van der Waals surface area contributed by atoms with Crippen molar-refractivity contribution in [1.82, 2.24) is 9.80 Å². The molecule has 154 valence electrons. The van der Waals surface area contributed by atoms with Gasteiger partial charge in [-0.1, -0.05) is 41.9 Å². The molecule has 1 unspecified atom stereocenters. The molecule has 3 rings (SSSR count). The number of rotatable bonds is 7. The van der Waals surface area contributed by atoms with Crippen molar-refractivity contribution < 1.29 is 9.59 Å². The Morgan fingerprint density at radius 2 is 1.72 bits per heavy atom. The molecule has 2 aromatic rings. The van der Waals surface area contributed by atoms with Gasteiger partial charge in [-0.15, -0.1) is 0 Å². The highest BCUT2D eigenvalue weighted by atomic mass is 35.5. The van der Waals surface area contributed by atoms with Gasteiger partial charge in [-0.3, -0.25) is 14.5 Å². The molecule has 0 aromatic heterocycles. The highest BCUT2D eigenvalue weighted by Crippen LogP contribution is 2.28. The van der Waals surface area contributed by atoms with Crippen molar-refractivity contribution in [3.05, 3.63) is 64.7 Å². The standard InChI is InChI=1S/C23H28ClN3O2/c1-3-26(4-2)23(29)19-13-12-18(16-20(19)24)25-22(28)21(27-14-8-9-15-27)17-10-6-5-7-11-17/h5-7,10-13,16,21H,3-4,8-9,14-15H2,1-2H3,(H,25,28). The van der Waals surface area contributed by atoms with Gasteiger partial charge in [0, 0.05) is 18.8 Å². The van der Waals surface area contributed by atoms with E-state index < -0.39 is 0 Å². The molecule has 2 amide bonds. The first kappa shape index (κ1) is 21.3. The average molecular weight is 414 g/mol. The van der Waals surface area contributed by atoms with Crippen LogP contribution in [0.1, 0.15) is 48.7 Å². The third kappa shape index (κ3) is 4.98. The molecule has 1 saturated heterocycles. The van der Waals surface area contributed by atoms with Gasteiger partial charge in [-0.25, -0.2) is 0 Å². The molecule has 0 radical (unpaired) electrons. The van der Waals surface area contributed by atoms with Gasteiger partial charge in [0.1, 0.15) is 6.04 Å². The lowest BCUT2D eigenvalue weighted by Gasteiger charge is -2.27. The molecule has 29 heavy (non-hydrogen) atoms. The van der Waals surface area contributed by atoms with Crippen LogP contribution in [0.5, 0.6) is 0 Å². The SMILES string of the molecule is CCN(CC)C(=O)c1ccc(NC(=O)C(c2ccccc2)N2CCCC2)cc1Cl. The molecule has 0 aliphatic carbocycles. The molecular formula is C23H28ClN3O2. The van der Waals surface area contributed by atoms with Crippen molar-refractivity contribution in [3.63, 3.8) is 0 Å². The van der Waals surface area contributed by atoms with Crippen LogP contribution in [-0.2, 0) is 4.79 Å². The highest BCUT2D eigenvalue weighted by molar-refractivity contribution is 6.34. The van der Waals surface area contributed by atoms with E-state index in [0.717, 1.165) is 31.5 Å². The third-order valence-electron chi connectivity index (χ3n) is 5.39. The van der Waals surface area contributed by atoms with Crippen LogP contribution in [0.25, 0.3) is 0 Å². The summed E-state index contributed by atoms with van der Waals surface area (Å²) in [7, 11) is 0. The van der Waals surface area contributed by atoms with Crippen LogP contribution in [0.15, 0.2) is 48.5 Å². The van der Waals surface area contributed by atoms with Crippen molar-refractivity contribution in [2.24, 2.45) is 0 Å². The zero-order valence-corrected chi connectivity index (χ0v) is 17.8. The summed E-state index contributed by atoms with van der Waals surface area (Å²) in [5.41, 5.74) is 2.02. The Hall–Kier alpha value is -2.37. The molecule has 0 bridgehead atoms. The average Bonchev–Trinajstić information content (AvgIpc) is 3.24. The van der Waals surface area contributed by atoms with E-state index in [1.807, 2.05) is 44.2 Å². The minimum absolute atomic E-state index is 0.0861. The Bertz CT molecular complexity index is 846. The summed E-state index contributed by atoms with van der Waals surface area (Å²) in [6, 6.07) is 14.6. The predicted octanol–water partition coefficient (Wildman–Crippen LogP) is 4.60. The van der Waals surface area contributed by atoms with Crippen LogP contribution in [0, 0.1) is 0 Å². The summed E-state index contributed by atoms with van der Waals surface area (Å²) in [5.74, 6) is -0.186. The second-order valence-electron chi connectivity index (χ2n) is 7.22. The normalized spacial score (nSPS) is 15.1. The topological polar surface area (TPSA) is 52.7 Å². The van der Waals surface area contributed by atoms with Gasteiger partial charge < -0.3 is 10.2 Å². The maximum atomic E-state index is 13.2. The Kier molecular flexibility index (Phi) is 7.29. The van der Waals surface area contributed by atoms with Crippen LogP contribution in [0.2, 0.25) is 5.02 Å². The van der Waals surface area contributed by atoms with Gasteiger partial charge in [-0.05, 0) is 63.5 Å². The van der Waals surface area contributed by atoms with Crippen LogP contribution in [-0.4, -0.2) is 47.8 Å². The van der Waals surface area contributed by atoms with E-state index in [1.165, 1.54) is 0 Å². The summed E-state index contributed by atoms with van der Waals surface area (Å²) < 4.78 is 0. The van der Waals surface area contributed by atoms with E-state index in [2.05, 4.69) is 10.2 Å². The summed E-state index contributed by atoms with van der Waals surface area (Å²) in [5, 5.41) is 3.34. The van der Waals surface area contributed by atoms with E-state index in [9.17, 15) is 9.59 Å². The van der Waals surface area contributed by atoms with Crippen molar-refractivity contribution in [2.75, 3.05) is 31.5 Å². The fourth-order valence-electron chi connectivity index (χ4n) is 3.82. The Balaban J connectivity index is 1.79. The van der Waals surface area contributed by atoms with Crippen molar-refractivity contribution in [3.8, 4) is 0 Å². The van der Waals surface area contributed by atoms with E-state index in [4.69, 9.17) is 11.6 Å². The lowest BCUT2D eigenvalue weighted by molar-refractivity contribution is -0.121. The number of carbonyl (C=O) groups excluding carboxylic acids is 2. The number of hydrogen-bond donors (Lipinski definition) is 1. The van der Waals surface area contributed by atoms with Crippen molar-refractivity contribution in [2.45, 2.75) is 32.7 Å². The van der Waals surface area contributed by atoms with E-state index in [-0.39, 0.29) is 17.9 Å². The second kappa shape index (κ2) is 9.90. The first-order valence-corrected chi connectivity index (χ1v) is 10.6. The van der Waals surface area contributed by atoms with E-state index >= 15 is 0 Å². The molecule has 2 aromatic carbocycles. The predicted molar refractivity (Wildman–Crippen MR) is 117 cm³/mol. The lowest BCUT2D eigenvalue weighted by Crippen LogP contribution is -2.35. The van der Waals surface area contributed by atoms with Gasteiger partial charge in [0.25, 0.3) is 5.91 Å². The quantitative estimate of drug-likeness (QED) is 0.721. The Labute approximate surface area is 177 Å². The molecule has 1 N–H and O–H groups in total. The molecule has 0 saturated carbocycles. The van der Waals surface area contributed by atoms with Crippen LogP contribution < -0.4 is 5.32 Å². The highest BCUT2D eigenvalue weighted by Gasteiger charge is 2.29. The molecule has 1 atom stereocenters. The van der Waals surface area contributed by atoms with Crippen LogP contribution in [0.3, 0.4) is 0 Å². The first-order chi connectivity index (χ1) is 14.0. The minimum Gasteiger partial charge on any atom is -0.339 e. The maximum absolute atomic E-state index is 13.2. The number of benzene rings is 2. The molecule has 1 heterocycles. The molecule has 1 aliphatic heterocycles. The number of anilines is 1. The molecule has 5 nitrogen and oxygen atoms in total. The number of carbonyl (C=O) groups is 2. The number of amides is 2. The molecule has 0 spiro atoms. The van der Waals surface area contributed by atoms with E-state index in [1.54, 1.807) is 23.1 Å². The Morgan fingerprint density at radius 1 is 1.07 bits per heavy atom. The van der Waals surface area contributed by atoms with Crippen molar-refractivity contribution in [1.29, 1.82) is 0 Å². The molecule has 1 aliphatic rings. The fourth-order valence-corrected chi connectivity index (χ4v) is 4.08. The zero-order valence-electron chi connectivity index (χ0n) is 17.0. The van der Waals surface area contributed by atoms with Crippen LogP contribution >= 0.6 is 11.6 Å². The van der Waals surface area contributed by atoms with Crippen molar-refractivity contribution >= 4 is 29.1 Å². The number of likely N-dealkylation sites (tertiary alicyclic amines) is 1. The number of nitrogens with zero attached hydrogens (tertiary/aromatic N) is 2. The van der Waals surface area contributed by atoms with E-state index in [0.29, 0.717) is 29.4 Å². The molecule has 1 fully saturated rings. The summed E-state index contributed by atoms with van der Waals surface area (Å²) in [6.07, 6.45) is 2.20. The largest absolute Gasteiger partial charge is 0.339 e. The summed E-state index contributed by atoms with van der Waals surface area (Å²) in [4.78, 5) is 29.7. The van der Waals surface area contributed by atoms with Gasteiger partial charge in [-0.2, -0.15) is 0 Å². The minimum atomic E-state index is -0.338. The van der Waals surface area contributed by atoms with Crippen LogP contribution in [0.4, 0.5) is 5.69 Å². The van der Waals surface area contributed by atoms with Gasteiger partial charge >= 0.3 is 0 Å². The summed E-state index contributed by atoms with van der Waals surface area (Å²) >= 11 is 6.38. The molecular weight excluding hydrogens is 386 g/mol. The number of halogens is 1. The lowest BCUT2D eigenvalue weighted by atomic mass is 10.0.